The van der Waals surface area contributed by atoms with Gasteiger partial charge in [-0.3, -0.25) is 9.69 Å². The number of halogens is 2. The summed E-state index contributed by atoms with van der Waals surface area (Å²) in [5, 5.41) is 1.23. The number of carbonyl (C=O) groups excluding carboxylic acids is 1. The van der Waals surface area contributed by atoms with E-state index in [2.05, 4.69) is 9.88 Å². The number of amides is 1. The van der Waals surface area contributed by atoms with E-state index >= 15 is 0 Å². The molecule has 1 amide bonds. The summed E-state index contributed by atoms with van der Waals surface area (Å²) >= 11 is 12.0. The summed E-state index contributed by atoms with van der Waals surface area (Å²) in [6.45, 7) is 3.63. The van der Waals surface area contributed by atoms with Gasteiger partial charge >= 0.3 is 0 Å². The molecule has 0 saturated carbocycles. The van der Waals surface area contributed by atoms with Crippen molar-refractivity contribution in [2.75, 3.05) is 33.3 Å². The monoisotopic (exact) mass is 418 g/mol. The van der Waals surface area contributed by atoms with Gasteiger partial charge in [0.2, 0.25) is 0 Å². The highest BCUT2D eigenvalue weighted by Gasteiger charge is 2.24. The molecule has 3 heterocycles. The molecule has 3 aromatic rings. The molecule has 0 unspecified atom stereocenters. The van der Waals surface area contributed by atoms with Crippen LogP contribution in [-0.2, 0) is 6.54 Å². The molecule has 6 nitrogen and oxygen atoms in total. The van der Waals surface area contributed by atoms with Crippen LogP contribution in [0.2, 0.25) is 10.0 Å². The Morgan fingerprint density at radius 3 is 2.57 bits per heavy atom. The first-order valence-corrected chi connectivity index (χ1v) is 9.77. The fraction of sp³-hybridized carbons (Fsp3) is 0.300. The number of nitrogens with zero attached hydrogens (tertiary/aromatic N) is 4. The maximum Gasteiger partial charge on any atom is 0.257 e. The first-order valence-electron chi connectivity index (χ1n) is 9.02. The molecule has 4 rings (SSSR count). The van der Waals surface area contributed by atoms with Gasteiger partial charge in [0.25, 0.3) is 5.91 Å². The maximum atomic E-state index is 12.9. The minimum atomic E-state index is -0.0319. The molecule has 0 spiro atoms. The smallest absolute Gasteiger partial charge is 0.257 e. The highest BCUT2D eigenvalue weighted by atomic mass is 35.5. The van der Waals surface area contributed by atoms with Crippen molar-refractivity contribution in [2.24, 2.45) is 0 Å². The van der Waals surface area contributed by atoms with E-state index in [1.54, 1.807) is 25.3 Å². The third kappa shape index (κ3) is 3.94. The lowest BCUT2D eigenvalue weighted by atomic mass is 10.1. The number of hydrogen-bond donors (Lipinski definition) is 0. The van der Waals surface area contributed by atoms with Gasteiger partial charge in [-0.05, 0) is 30.3 Å². The molecule has 1 saturated heterocycles. The minimum absolute atomic E-state index is 0.0319. The summed E-state index contributed by atoms with van der Waals surface area (Å²) in [6.07, 6.45) is 3.85. The fourth-order valence-electron chi connectivity index (χ4n) is 3.44. The Morgan fingerprint density at radius 1 is 1.07 bits per heavy atom. The lowest BCUT2D eigenvalue weighted by Crippen LogP contribution is -2.48. The normalized spacial score (nSPS) is 15.2. The molecule has 0 N–H and O–H groups in total. The number of methoxy groups -OCH3 is 1. The Labute approximate surface area is 173 Å². The van der Waals surface area contributed by atoms with Crippen molar-refractivity contribution >= 4 is 34.8 Å². The van der Waals surface area contributed by atoms with Crippen LogP contribution in [0.4, 0.5) is 0 Å². The fourth-order valence-corrected chi connectivity index (χ4v) is 3.77. The topological polar surface area (TPSA) is 50.1 Å². The molecule has 0 radical (unpaired) electrons. The van der Waals surface area contributed by atoms with Gasteiger partial charge < -0.3 is 14.0 Å². The van der Waals surface area contributed by atoms with E-state index in [4.69, 9.17) is 27.9 Å². The number of aromatic nitrogens is 2. The zero-order valence-corrected chi connectivity index (χ0v) is 17.0. The molecular formula is C20H20Cl2N4O2. The number of benzene rings is 1. The summed E-state index contributed by atoms with van der Waals surface area (Å²) in [6, 6.07) is 8.84. The Morgan fingerprint density at radius 2 is 1.82 bits per heavy atom. The third-order valence-electron chi connectivity index (χ3n) is 4.90. The lowest BCUT2D eigenvalue weighted by Gasteiger charge is -2.34. The number of carbonyl (C=O) groups is 1. The van der Waals surface area contributed by atoms with Gasteiger partial charge in [0, 0.05) is 50.1 Å². The summed E-state index contributed by atoms with van der Waals surface area (Å²) in [4.78, 5) is 21.6. The largest absolute Gasteiger partial charge is 0.496 e. The Bertz CT molecular complexity index is 1010. The summed E-state index contributed by atoms with van der Waals surface area (Å²) in [7, 11) is 1.54. The van der Waals surface area contributed by atoms with Crippen molar-refractivity contribution in [3.63, 3.8) is 0 Å². The van der Waals surface area contributed by atoms with E-state index in [0.29, 0.717) is 34.4 Å². The Kier molecular flexibility index (Phi) is 5.44. The summed E-state index contributed by atoms with van der Waals surface area (Å²) in [5.74, 6) is 0.471. The van der Waals surface area contributed by atoms with Crippen LogP contribution < -0.4 is 4.74 Å². The van der Waals surface area contributed by atoms with Crippen molar-refractivity contribution in [3.8, 4) is 5.75 Å². The van der Waals surface area contributed by atoms with Gasteiger partial charge in [-0.15, -0.1) is 0 Å². The van der Waals surface area contributed by atoms with Crippen molar-refractivity contribution < 1.29 is 9.53 Å². The molecule has 0 atom stereocenters. The molecule has 1 fully saturated rings. The number of fused-ring (bicyclic) bond motifs is 1. The second-order valence-electron chi connectivity index (χ2n) is 6.76. The van der Waals surface area contributed by atoms with Gasteiger partial charge in [-0.25, -0.2) is 4.98 Å². The molecular weight excluding hydrogens is 399 g/mol. The molecule has 28 heavy (non-hydrogen) atoms. The van der Waals surface area contributed by atoms with E-state index in [0.717, 1.165) is 31.0 Å². The van der Waals surface area contributed by atoms with Crippen LogP contribution in [0.5, 0.6) is 5.75 Å². The van der Waals surface area contributed by atoms with Crippen molar-refractivity contribution in [2.45, 2.75) is 6.54 Å². The molecule has 8 heteroatoms. The third-order valence-corrected chi connectivity index (χ3v) is 5.36. The molecule has 1 aliphatic rings. The molecule has 1 aliphatic heterocycles. The van der Waals surface area contributed by atoms with Crippen LogP contribution in [0.3, 0.4) is 0 Å². The number of rotatable bonds is 4. The predicted octanol–water partition coefficient (Wildman–Crippen LogP) is 3.61. The lowest BCUT2D eigenvalue weighted by molar-refractivity contribution is 0.0624. The number of pyridine rings is 1. The average Bonchev–Trinajstić information content (AvgIpc) is 3.09. The number of imidazole rings is 1. The van der Waals surface area contributed by atoms with Crippen LogP contribution in [0.1, 0.15) is 16.1 Å². The van der Waals surface area contributed by atoms with Crippen LogP contribution in [0, 0.1) is 0 Å². The van der Waals surface area contributed by atoms with Crippen LogP contribution in [-0.4, -0.2) is 58.4 Å². The van der Waals surface area contributed by atoms with Gasteiger partial charge in [0.05, 0.1) is 23.4 Å². The van der Waals surface area contributed by atoms with Gasteiger partial charge in [-0.1, -0.05) is 23.2 Å². The molecule has 1 aromatic carbocycles. The van der Waals surface area contributed by atoms with E-state index < -0.39 is 0 Å². The van der Waals surface area contributed by atoms with Crippen molar-refractivity contribution in [3.05, 3.63) is 64.0 Å². The highest BCUT2D eigenvalue weighted by molar-refractivity contribution is 6.31. The van der Waals surface area contributed by atoms with Gasteiger partial charge in [-0.2, -0.15) is 0 Å². The minimum Gasteiger partial charge on any atom is -0.496 e. The first-order chi connectivity index (χ1) is 13.5. The van der Waals surface area contributed by atoms with Crippen LogP contribution in [0.25, 0.3) is 5.65 Å². The van der Waals surface area contributed by atoms with Crippen molar-refractivity contribution in [1.82, 2.24) is 19.2 Å². The molecule has 146 valence electrons. The second kappa shape index (κ2) is 7.99. The van der Waals surface area contributed by atoms with Gasteiger partial charge in [0.15, 0.2) is 0 Å². The summed E-state index contributed by atoms with van der Waals surface area (Å²) in [5.41, 5.74) is 2.40. The van der Waals surface area contributed by atoms with E-state index in [9.17, 15) is 4.79 Å². The quantitative estimate of drug-likeness (QED) is 0.649. The van der Waals surface area contributed by atoms with Crippen molar-refractivity contribution in [1.29, 1.82) is 0 Å². The number of hydrogen-bond acceptors (Lipinski definition) is 4. The zero-order chi connectivity index (χ0) is 19.7. The summed E-state index contributed by atoms with van der Waals surface area (Å²) < 4.78 is 7.25. The standard InChI is InChI=1S/C20H20Cl2N4O2/c1-28-18-10-14(21)2-4-17(18)20(27)25-8-6-24(7-9-25)12-16-13-26-11-15(22)3-5-19(26)23-16/h2-5,10-11,13H,6-9,12H2,1H3. The second-order valence-corrected chi connectivity index (χ2v) is 7.63. The highest BCUT2D eigenvalue weighted by Crippen LogP contribution is 2.25. The average molecular weight is 419 g/mol. The van der Waals surface area contributed by atoms with Crippen LogP contribution >= 0.6 is 23.2 Å². The Hall–Kier alpha value is -2.28. The SMILES string of the molecule is COc1cc(Cl)ccc1C(=O)N1CCN(Cc2cn3cc(Cl)ccc3n2)CC1. The first kappa shape index (κ1) is 19.1. The Balaban J connectivity index is 1.39. The zero-order valence-electron chi connectivity index (χ0n) is 15.4. The van der Waals surface area contributed by atoms with E-state index in [1.807, 2.05) is 33.8 Å². The molecule has 0 aliphatic carbocycles. The van der Waals surface area contributed by atoms with Gasteiger partial charge in [0.1, 0.15) is 11.4 Å². The number of piperazine rings is 1. The van der Waals surface area contributed by atoms with E-state index in [1.165, 1.54) is 0 Å². The van der Waals surface area contributed by atoms with Crippen LogP contribution in [0.15, 0.2) is 42.7 Å². The molecule has 0 bridgehead atoms. The van der Waals surface area contributed by atoms with E-state index in [-0.39, 0.29) is 5.91 Å². The number of ether oxygens (including phenoxy) is 1. The maximum absolute atomic E-state index is 12.9. The molecule has 2 aromatic heterocycles. The predicted molar refractivity (Wildman–Crippen MR) is 109 cm³/mol.